The highest BCUT2D eigenvalue weighted by Crippen LogP contribution is 2.14. The Balaban J connectivity index is 2.53. The molecule has 1 aromatic carbocycles. The van der Waals surface area contributed by atoms with E-state index < -0.39 is 0 Å². The number of rotatable bonds is 3. The molecular formula is C12H12N2O. The molecule has 15 heavy (non-hydrogen) atoms. The Morgan fingerprint density at radius 2 is 2.27 bits per heavy atom. The molecule has 0 aliphatic carbocycles. The zero-order chi connectivity index (χ0) is 10.7. The van der Waals surface area contributed by atoms with Crippen molar-refractivity contribution in [2.24, 2.45) is 0 Å². The first-order valence-electron chi connectivity index (χ1n) is 4.77. The summed E-state index contributed by atoms with van der Waals surface area (Å²) in [6.07, 6.45) is 5.41. The number of methoxy groups -OCH3 is 1. The van der Waals surface area contributed by atoms with Gasteiger partial charge in [-0.05, 0) is 18.1 Å². The predicted molar refractivity (Wildman–Crippen MR) is 59.5 cm³/mol. The van der Waals surface area contributed by atoms with Crippen LogP contribution in [0.15, 0.2) is 24.3 Å². The van der Waals surface area contributed by atoms with Crippen LogP contribution in [0, 0.1) is 12.3 Å². The van der Waals surface area contributed by atoms with E-state index in [9.17, 15) is 0 Å². The number of ether oxygens (including phenoxy) is 1. The third-order valence-electron chi connectivity index (χ3n) is 2.30. The van der Waals surface area contributed by atoms with Gasteiger partial charge in [-0.1, -0.05) is 12.1 Å². The number of hydrogen-bond donors (Lipinski definition) is 0. The van der Waals surface area contributed by atoms with Crippen molar-refractivity contribution in [2.45, 2.75) is 6.54 Å². The summed E-state index contributed by atoms with van der Waals surface area (Å²) >= 11 is 0. The largest absolute Gasteiger partial charge is 0.383 e. The summed E-state index contributed by atoms with van der Waals surface area (Å²) < 4.78 is 7.05. The van der Waals surface area contributed by atoms with Gasteiger partial charge >= 0.3 is 0 Å². The van der Waals surface area contributed by atoms with Gasteiger partial charge < -0.3 is 9.30 Å². The normalized spacial score (nSPS) is 10.4. The van der Waals surface area contributed by atoms with E-state index >= 15 is 0 Å². The van der Waals surface area contributed by atoms with Crippen LogP contribution in [-0.4, -0.2) is 23.3 Å². The van der Waals surface area contributed by atoms with Gasteiger partial charge in [-0.2, -0.15) is 0 Å². The minimum absolute atomic E-state index is 0.634. The van der Waals surface area contributed by atoms with E-state index in [0.717, 1.165) is 17.6 Å². The third-order valence-corrected chi connectivity index (χ3v) is 2.30. The summed E-state index contributed by atoms with van der Waals surface area (Å²) in [5.41, 5.74) is 1.99. The van der Waals surface area contributed by atoms with Gasteiger partial charge in [0.25, 0.3) is 0 Å². The first-order valence-corrected chi connectivity index (χ1v) is 4.77. The summed E-state index contributed by atoms with van der Waals surface area (Å²) in [5, 5.41) is 0. The average Bonchev–Trinajstić information content (AvgIpc) is 2.64. The molecule has 3 heteroatoms. The van der Waals surface area contributed by atoms with Crippen molar-refractivity contribution in [2.75, 3.05) is 13.7 Å². The van der Waals surface area contributed by atoms with Crippen LogP contribution in [0.4, 0.5) is 0 Å². The Bertz CT molecular complexity index is 508. The summed E-state index contributed by atoms with van der Waals surface area (Å²) in [5.74, 6) is 3.25. The van der Waals surface area contributed by atoms with E-state index in [1.165, 1.54) is 0 Å². The molecule has 0 amide bonds. The molecule has 3 nitrogen and oxygen atoms in total. The Labute approximate surface area is 88.7 Å². The van der Waals surface area contributed by atoms with Crippen molar-refractivity contribution in [1.82, 2.24) is 9.55 Å². The van der Waals surface area contributed by atoms with Crippen LogP contribution in [0.25, 0.3) is 11.0 Å². The zero-order valence-electron chi connectivity index (χ0n) is 8.60. The van der Waals surface area contributed by atoms with Gasteiger partial charge in [-0.25, -0.2) is 4.98 Å². The van der Waals surface area contributed by atoms with Gasteiger partial charge in [-0.15, -0.1) is 6.42 Å². The molecule has 2 aromatic rings. The van der Waals surface area contributed by atoms with Crippen molar-refractivity contribution < 1.29 is 4.74 Å². The van der Waals surface area contributed by atoms with Crippen LogP contribution in [0.2, 0.25) is 0 Å². The van der Waals surface area contributed by atoms with Gasteiger partial charge in [0.05, 0.1) is 17.6 Å². The van der Waals surface area contributed by atoms with Crippen molar-refractivity contribution in [3.05, 3.63) is 30.1 Å². The molecule has 0 N–H and O–H groups in total. The lowest BCUT2D eigenvalue weighted by molar-refractivity contribution is 0.188. The summed E-state index contributed by atoms with van der Waals surface area (Å²) in [4.78, 5) is 4.36. The monoisotopic (exact) mass is 200 g/mol. The molecule has 76 valence electrons. The lowest BCUT2D eigenvalue weighted by Crippen LogP contribution is -2.06. The van der Waals surface area contributed by atoms with E-state index in [4.69, 9.17) is 11.2 Å². The molecule has 0 spiro atoms. The van der Waals surface area contributed by atoms with Crippen LogP contribution in [0.1, 0.15) is 5.82 Å². The molecular weight excluding hydrogens is 188 g/mol. The van der Waals surface area contributed by atoms with Crippen LogP contribution in [0.3, 0.4) is 0 Å². The fourth-order valence-electron chi connectivity index (χ4n) is 1.59. The highest BCUT2D eigenvalue weighted by molar-refractivity contribution is 5.76. The van der Waals surface area contributed by atoms with E-state index in [-0.39, 0.29) is 0 Å². The highest BCUT2D eigenvalue weighted by Gasteiger charge is 2.07. The molecule has 0 bridgehead atoms. The number of benzene rings is 1. The minimum atomic E-state index is 0.634. The Kier molecular flexibility index (Phi) is 2.70. The number of terminal acetylenes is 1. The molecule has 0 fully saturated rings. The molecule has 0 saturated heterocycles. The van der Waals surface area contributed by atoms with Crippen LogP contribution >= 0.6 is 0 Å². The van der Waals surface area contributed by atoms with Gasteiger partial charge in [0.2, 0.25) is 0 Å². The highest BCUT2D eigenvalue weighted by atomic mass is 16.5. The molecule has 0 saturated carbocycles. The van der Waals surface area contributed by atoms with Crippen LogP contribution < -0.4 is 0 Å². The maximum Gasteiger partial charge on any atom is 0.186 e. The molecule has 0 atom stereocenters. The number of para-hydroxylation sites is 2. The van der Waals surface area contributed by atoms with Crippen LogP contribution in [0.5, 0.6) is 0 Å². The number of aromatic nitrogens is 2. The van der Waals surface area contributed by atoms with Crippen molar-refractivity contribution in [1.29, 1.82) is 0 Å². The Morgan fingerprint density at radius 1 is 1.47 bits per heavy atom. The van der Waals surface area contributed by atoms with E-state index in [2.05, 4.69) is 10.9 Å². The molecule has 0 aliphatic heterocycles. The fraction of sp³-hybridized carbons (Fsp3) is 0.250. The van der Waals surface area contributed by atoms with Gasteiger partial charge in [0.15, 0.2) is 5.82 Å². The maximum atomic E-state index is 5.41. The Morgan fingerprint density at radius 3 is 3.00 bits per heavy atom. The number of hydrogen-bond acceptors (Lipinski definition) is 2. The first kappa shape index (κ1) is 9.75. The fourth-order valence-corrected chi connectivity index (χ4v) is 1.59. The Hall–Kier alpha value is -1.79. The standard InChI is InChI=1S/C12H12N2O/c1-3-12-13-10-6-4-5-7-11(10)14(12)8-9-15-2/h1,4-7H,8-9H2,2H3. The SMILES string of the molecule is C#Cc1nc2ccccc2n1CCOC. The van der Waals surface area contributed by atoms with E-state index in [1.54, 1.807) is 7.11 Å². The molecule has 1 heterocycles. The van der Waals surface area contributed by atoms with Gasteiger partial charge in [-0.3, -0.25) is 0 Å². The molecule has 0 radical (unpaired) electrons. The zero-order valence-corrected chi connectivity index (χ0v) is 8.60. The topological polar surface area (TPSA) is 27.1 Å². The number of fused-ring (bicyclic) bond motifs is 1. The van der Waals surface area contributed by atoms with E-state index in [1.807, 2.05) is 28.8 Å². The van der Waals surface area contributed by atoms with Gasteiger partial charge in [0.1, 0.15) is 0 Å². The smallest absolute Gasteiger partial charge is 0.186 e. The second kappa shape index (κ2) is 4.16. The average molecular weight is 200 g/mol. The summed E-state index contributed by atoms with van der Waals surface area (Å²) in [6, 6.07) is 7.90. The van der Waals surface area contributed by atoms with E-state index in [0.29, 0.717) is 12.4 Å². The molecule has 0 unspecified atom stereocenters. The van der Waals surface area contributed by atoms with Crippen molar-refractivity contribution in [3.8, 4) is 12.3 Å². The second-order valence-corrected chi connectivity index (χ2v) is 3.21. The summed E-state index contributed by atoms with van der Waals surface area (Å²) in [7, 11) is 1.68. The lowest BCUT2D eigenvalue weighted by atomic mass is 10.3. The lowest BCUT2D eigenvalue weighted by Gasteiger charge is -2.04. The quantitative estimate of drug-likeness (QED) is 0.705. The van der Waals surface area contributed by atoms with Gasteiger partial charge in [0, 0.05) is 13.7 Å². The predicted octanol–water partition coefficient (Wildman–Crippen LogP) is 1.66. The molecule has 2 rings (SSSR count). The maximum absolute atomic E-state index is 5.41. The minimum Gasteiger partial charge on any atom is -0.383 e. The van der Waals surface area contributed by atoms with Crippen molar-refractivity contribution in [3.63, 3.8) is 0 Å². The molecule has 0 aliphatic rings. The second-order valence-electron chi connectivity index (χ2n) is 3.21. The number of imidazole rings is 1. The van der Waals surface area contributed by atoms with Crippen LogP contribution in [-0.2, 0) is 11.3 Å². The first-order chi connectivity index (χ1) is 7.36. The molecule has 1 aromatic heterocycles. The number of nitrogens with zero attached hydrogens (tertiary/aromatic N) is 2. The summed E-state index contributed by atoms with van der Waals surface area (Å²) in [6.45, 7) is 1.37. The third kappa shape index (κ3) is 1.72. The van der Waals surface area contributed by atoms with Crippen molar-refractivity contribution >= 4 is 11.0 Å².